The number of hydrogen-bond acceptors (Lipinski definition) is 1. The lowest BCUT2D eigenvalue weighted by Gasteiger charge is -2.08. The second kappa shape index (κ2) is 6.91. The largest absolute Gasteiger partial charge is 0.326 e. The van der Waals surface area contributed by atoms with Crippen LogP contribution < -0.4 is 5.32 Å². The summed E-state index contributed by atoms with van der Waals surface area (Å²) < 4.78 is 0.774. The first-order valence-electron chi connectivity index (χ1n) is 6.35. The van der Waals surface area contributed by atoms with Gasteiger partial charge in [0.05, 0.1) is 5.02 Å². The van der Waals surface area contributed by atoms with Crippen LogP contribution in [0.3, 0.4) is 0 Å². The molecular weight excluding hydrogens is 338 g/mol. The van der Waals surface area contributed by atoms with Crippen LogP contribution in [0.15, 0.2) is 46.9 Å². The molecule has 0 heterocycles. The fraction of sp³-hybridized carbons (Fsp3) is 0.188. The van der Waals surface area contributed by atoms with Gasteiger partial charge >= 0.3 is 0 Å². The minimum atomic E-state index is 0.00229. The Kier molecular flexibility index (Phi) is 5.21. The van der Waals surface area contributed by atoms with Gasteiger partial charge in [-0.3, -0.25) is 4.79 Å². The van der Waals surface area contributed by atoms with Crippen LogP contribution in [0.25, 0.3) is 0 Å². The third kappa shape index (κ3) is 4.09. The molecule has 0 aromatic heterocycles. The van der Waals surface area contributed by atoms with E-state index in [0.29, 0.717) is 11.4 Å². The molecule has 2 rings (SSSR count). The van der Waals surface area contributed by atoms with E-state index in [1.165, 1.54) is 11.1 Å². The quantitative estimate of drug-likeness (QED) is 0.826. The van der Waals surface area contributed by atoms with Crippen molar-refractivity contribution in [2.75, 3.05) is 5.32 Å². The normalized spacial score (nSPS) is 10.3. The van der Waals surface area contributed by atoms with Gasteiger partial charge in [0.2, 0.25) is 5.91 Å². The van der Waals surface area contributed by atoms with Crippen LogP contribution in [-0.2, 0) is 11.2 Å². The highest BCUT2D eigenvalue weighted by Crippen LogP contribution is 2.25. The lowest BCUT2D eigenvalue weighted by Crippen LogP contribution is -2.12. The third-order valence-electron chi connectivity index (χ3n) is 3.09. The van der Waals surface area contributed by atoms with Crippen LogP contribution in [0.2, 0.25) is 5.02 Å². The maximum atomic E-state index is 11.9. The number of carbonyl (C=O) groups is 1. The fourth-order valence-electron chi connectivity index (χ4n) is 1.94. The van der Waals surface area contributed by atoms with Crippen molar-refractivity contribution in [3.05, 3.63) is 63.1 Å². The van der Waals surface area contributed by atoms with Crippen molar-refractivity contribution in [1.29, 1.82) is 0 Å². The van der Waals surface area contributed by atoms with Gasteiger partial charge in [0.25, 0.3) is 0 Å². The van der Waals surface area contributed by atoms with Crippen LogP contribution in [0.1, 0.15) is 17.5 Å². The van der Waals surface area contributed by atoms with E-state index < -0.39 is 0 Å². The van der Waals surface area contributed by atoms with Gasteiger partial charge in [-0.2, -0.15) is 0 Å². The summed E-state index contributed by atoms with van der Waals surface area (Å²) in [7, 11) is 0. The van der Waals surface area contributed by atoms with Gasteiger partial charge in [0, 0.05) is 16.6 Å². The Morgan fingerprint density at radius 1 is 1.25 bits per heavy atom. The van der Waals surface area contributed by atoms with Gasteiger partial charge in [0.15, 0.2) is 0 Å². The Morgan fingerprint density at radius 2 is 2.00 bits per heavy atom. The molecule has 0 saturated carbocycles. The standard InChI is InChI=1S/C16H15BrClNO/c1-11-4-2-3-5-12(11)6-9-16(20)19-13-7-8-15(18)14(17)10-13/h2-5,7-8,10H,6,9H2,1H3,(H,19,20). The zero-order valence-corrected chi connectivity index (χ0v) is 13.5. The minimum Gasteiger partial charge on any atom is -0.326 e. The number of rotatable bonds is 4. The molecule has 0 radical (unpaired) electrons. The molecule has 2 aromatic carbocycles. The number of halogens is 2. The minimum absolute atomic E-state index is 0.00229. The van der Waals surface area contributed by atoms with Gasteiger partial charge in [-0.25, -0.2) is 0 Å². The molecule has 0 bridgehead atoms. The zero-order chi connectivity index (χ0) is 14.5. The van der Waals surface area contributed by atoms with Crippen molar-refractivity contribution in [2.24, 2.45) is 0 Å². The molecule has 0 unspecified atom stereocenters. The van der Waals surface area contributed by atoms with Crippen molar-refractivity contribution in [2.45, 2.75) is 19.8 Å². The smallest absolute Gasteiger partial charge is 0.224 e. The highest BCUT2D eigenvalue weighted by atomic mass is 79.9. The maximum Gasteiger partial charge on any atom is 0.224 e. The first-order valence-corrected chi connectivity index (χ1v) is 7.53. The second-order valence-electron chi connectivity index (χ2n) is 4.60. The SMILES string of the molecule is Cc1ccccc1CCC(=O)Nc1ccc(Cl)c(Br)c1. The van der Waals surface area contributed by atoms with Gasteiger partial charge in [-0.15, -0.1) is 0 Å². The summed E-state index contributed by atoms with van der Waals surface area (Å²) in [6.45, 7) is 2.06. The van der Waals surface area contributed by atoms with E-state index in [1.807, 2.05) is 12.1 Å². The molecular formula is C16H15BrClNO. The average Bonchev–Trinajstić information content (AvgIpc) is 2.42. The number of aryl methyl sites for hydroxylation is 2. The molecule has 0 saturated heterocycles. The predicted octanol–water partition coefficient (Wildman–Crippen LogP) is 4.98. The monoisotopic (exact) mass is 351 g/mol. The van der Waals surface area contributed by atoms with Crippen LogP contribution in [0, 0.1) is 6.92 Å². The molecule has 1 amide bonds. The molecule has 2 nitrogen and oxygen atoms in total. The Labute approximate surface area is 132 Å². The Balaban J connectivity index is 1.93. The molecule has 0 aliphatic heterocycles. The summed E-state index contributed by atoms with van der Waals surface area (Å²) >= 11 is 9.25. The van der Waals surface area contributed by atoms with Gasteiger partial charge in [-0.05, 0) is 58.6 Å². The molecule has 104 valence electrons. The van der Waals surface area contributed by atoms with Crippen LogP contribution >= 0.6 is 27.5 Å². The molecule has 0 spiro atoms. The van der Waals surface area contributed by atoms with Gasteiger partial charge in [0.1, 0.15) is 0 Å². The van der Waals surface area contributed by atoms with Crippen molar-refractivity contribution in [3.8, 4) is 0 Å². The van der Waals surface area contributed by atoms with Gasteiger partial charge in [-0.1, -0.05) is 35.9 Å². The van der Waals surface area contributed by atoms with Gasteiger partial charge < -0.3 is 5.32 Å². The molecule has 0 aliphatic carbocycles. The van der Waals surface area contributed by atoms with E-state index in [-0.39, 0.29) is 5.91 Å². The Bertz CT molecular complexity index is 628. The molecule has 0 atom stereocenters. The third-order valence-corrected chi connectivity index (χ3v) is 4.30. The van der Waals surface area contributed by atoms with Crippen LogP contribution in [-0.4, -0.2) is 5.91 Å². The molecule has 1 N–H and O–H groups in total. The molecule has 20 heavy (non-hydrogen) atoms. The van der Waals surface area contributed by atoms with E-state index in [1.54, 1.807) is 18.2 Å². The maximum absolute atomic E-state index is 11.9. The predicted molar refractivity (Wildman–Crippen MR) is 87.3 cm³/mol. The zero-order valence-electron chi connectivity index (χ0n) is 11.1. The number of carbonyl (C=O) groups excluding carboxylic acids is 1. The van der Waals surface area contributed by atoms with E-state index >= 15 is 0 Å². The number of hydrogen-bond donors (Lipinski definition) is 1. The average molecular weight is 353 g/mol. The van der Waals surface area contributed by atoms with E-state index in [2.05, 4.69) is 40.3 Å². The summed E-state index contributed by atoms with van der Waals surface area (Å²) in [5, 5.41) is 3.50. The van der Waals surface area contributed by atoms with Crippen LogP contribution in [0.5, 0.6) is 0 Å². The summed E-state index contributed by atoms with van der Waals surface area (Å²) in [6.07, 6.45) is 1.21. The highest BCUT2D eigenvalue weighted by molar-refractivity contribution is 9.10. The molecule has 4 heteroatoms. The van der Waals surface area contributed by atoms with E-state index in [4.69, 9.17) is 11.6 Å². The molecule has 0 aliphatic rings. The topological polar surface area (TPSA) is 29.1 Å². The Morgan fingerprint density at radius 3 is 2.70 bits per heavy atom. The van der Waals surface area contributed by atoms with E-state index in [9.17, 15) is 4.79 Å². The fourth-order valence-corrected chi connectivity index (χ4v) is 2.43. The van der Waals surface area contributed by atoms with Crippen molar-refractivity contribution in [3.63, 3.8) is 0 Å². The number of amides is 1. The van der Waals surface area contributed by atoms with Crippen molar-refractivity contribution >= 4 is 39.1 Å². The van der Waals surface area contributed by atoms with Crippen LogP contribution in [0.4, 0.5) is 5.69 Å². The first-order chi connectivity index (χ1) is 9.56. The lowest BCUT2D eigenvalue weighted by atomic mass is 10.0. The number of nitrogens with one attached hydrogen (secondary N) is 1. The number of benzene rings is 2. The number of anilines is 1. The van der Waals surface area contributed by atoms with E-state index in [0.717, 1.165) is 16.6 Å². The van der Waals surface area contributed by atoms with Crippen molar-refractivity contribution < 1.29 is 4.79 Å². The summed E-state index contributed by atoms with van der Waals surface area (Å²) in [4.78, 5) is 11.9. The summed E-state index contributed by atoms with van der Waals surface area (Å²) in [5.74, 6) is 0.00229. The summed E-state index contributed by atoms with van der Waals surface area (Å²) in [5.41, 5.74) is 3.17. The summed E-state index contributed by atoms with van der Waals surface area (Å²) in [6, 6.07) is 13.5. The second-order valence-corrected chi connectivity index (χ2v) is 5.87. The highest BCUT2D eigenvalue weighted by Gasteiger charge is 2.06. The lowest BCUT2D eigenvalue weighted by molar-refractivity contribution is -0.116. The first kappa shape index (κ1) is 15.1. The molecule has 2 aromatic rings. The Hall–Kier alpha value is -1.32. The van der Waals surface area contributed by atoms with Crippen molar-refractivity contribution in [1.82, 2.24) is 0 Å². The molecule has 0 fully saturated rings.